The van der Waals surface area contributed by atoms with Gasteiger partial charge in [0.2, 0.25) is 0 Å². The summed E-state index contributed by atoms with van der Waals surface area (Å²) in [5.74, 6) is -0.157. The Hall–Kier alpha value is -2.64. The average Bonchev–Trinajstić information content (AvgIpc) is 2.84. The smallest absolute Gasteiger partial charge is 0.342 e. The summed E-state index contributed by atoms with van der Waals surface area (Å²) >= 11 is 3.35. The van der Waals surface area contributed by atoms with Crippen LogP contribution in [0.1, 0.15) is 52.5 Å². The fourth-order valence-corrected chi connectivity index (χ4v) is 4.29. The molecule has 34 heavy (non-hydrogen) atoms. The van der Waals surface area contributed by atoms with E-state index in [1.165, 1.54) is 7.11 Å². The van der Waals surface area contributed by atoms with E-state index in [1.807, 2.05) is 12.1 Å². The summed E-state index contributed by atoms with van der Waals surface area (Å²) < 4.78 is 23.5. The van der Waals surface area contributed by atoms with Crippen LogP contribution in [0.2, 0.25) is 0 Å². The van der Waals surface area contributed by atoms with Crippen LogP contribution in [0, 0.1) is 5.92 Å². The Kier molecular flexibility index (Phi) is 9.72. The number of ether oxygens (including phenoxy) is 4. The van der Waals surface area contributed by atoms with Crippen molar-refractivity contribution in [1.82, 2.24) is 0 Å². The van der Waals surface area contributed by atoms with E-state index in [0.29, 0.717) is 36.1 Å². The zero-order valence-electron chi connectivity index (χ0n) is 19.8. The summed E-state index contributed by atoms with van der Waals surface area (Å²) in [5.41, 5.74) is 1.74. The second kappa shape index (κ2) is 12.7. The standard InChI is InChI=1S/C27H31BrO6/c1-18-7-4-5-8-19-9-6-10-23(31-2)25(19)27(30)34-22(17-24(18)32-3)15-16-33-26(29)20-11-13-21(28)14-12-20/h4-6,9-14,18,22,24H,7-8,15-17H2,1-3H3/b5-4+/t18-,22-,24+/m1/s1. The van der Waals surface area contributed by atoms with Crippen LogP contribution in [0.3, 0.4) is 0 Å². The molecule has 0 saturated heterocycles. The number of cyclic esters (lactones) is 1. The SMILES string of the molecule is COc1cccc2c1C(=O)O[C@H](CCOC(=O)c1ccc(Br)cc1)C[C@H](OC)[C@H](C)C/C=C/C2. The molecule has 0 radical (unpaired) electrons. The van der Waals surface area contributed by atoms with Crippen LogP contribution in [-0.4, -0.2) is 45.0 Å². The van der Waals surface area contributed by atoms with E-state index in [-0.39, 0.29) is 18.6 Å². The van der Waals surface area contributed by atoms with Gasteiger partial charge in [-0.1, -0.05) is 47.1 Å². The van der Waals surface area contributed by atoms with Gasteiger partial charge in [0.25, 0.3) is 0 Å². The number of hydrogen-bond donors (Lipinski definition) is 0. The highest BCUT2D eigenvalue weighted by atomic mass is 79.9. The topological polar surface area (TPSA) is 71.1 Å². The second-order valence-electron chi connectivity index (χ2n) is 8.35. The minimum absolute atomic E-state index is 0.110. The van der Waals surface area contributed by atoms with Gasteiger partial charge in [-0.25, -0.2) is 9.59 Å². The largest absolute Gasteiger partial charge is 0.496 e. The molecule has 0 amide bonds. The quantitative estimate of drug-likeness (QED) is 0.348. The lowest BCUT2D eigenvalue weighted by Gasteiger charge is -2.27. The number of fused-ring (bicyclic) bond motifs is 1. The number of allylic oxidation sites excluding steroid dienone is 2. The van der Waals surface area contributed by atoms with E-state index in [4.69, 9.17) is 18.9 Å². The number of carbonyl (C=O) groups is 2. The van der Waals surface area contributed by atoms with Gasteiger partial charge in [0.1, 0.15) is 17.4 Å². The fraction of sp³-hybridized carbons (Fsp3) is 0.407. The van der Waals surface area contributed by atoms with Gasteiger partial charge in [-0.05, 0) is 54.7 Å². The summed E-state index contributed by atoms with van der Waals surface area (Å²) in [7, 11) is 3.21. The minimum atomic E-state index is -0.487. The normalized spacial score (nSPS) is 21.9. The van der Waals surface area contributed by atoms with Crippen LogP contribution in [0.25, 0.3) is 0 Å². The summed E-state index contributed by atoms with van der Waals surface area (Å²) in [6, 6.07) is 12.5. The molecule has 0 N–H and O–H groups in total. The zero-order valence-corrected chi connectivity index (χ0v) is 21.4. The molecule has 0 aliphatic carbocycles. The second-order valence-corrected chi connectivity index (χ2v) is 9.27. The van der Waals surface area contributed by atoms with Gasteiger partial charge in [-0.15, -0.1) is 0 Å². The number of benzene rings is 2. The third kappa shape index (κ3) is 6.93. The predicted octanol–water partition coefficient (Wildman–Crippen LogP) is 5.77. The maximum Gasteiger partial charge on any atom is 0.342 e. The van der Waals surface area contributed by atoms with Gasteiger partial charge in [-0.3, -0.25) is 0 Å². The number of rotatable bonds is 6. The van der Waals surface area contributed by atoms with Crippen molar-refractivity contribution in [3.63, 3.8) is 0 Å². The fourth-order valence-electron chi connectivity index (χ4n) is 4.03. The van der Waals surface area contributed by atoms with Crippen molar-refractivity contribution in [3.05, 3.63) is 75.8 Å². The summed E-state index contributed by atoms with van der Waals surface area (Å²) in [5, 5.41) is 0. The molecule has 1 heterocycles. The highest BCUT2D eigenvalue weighted by Crippen LogP contribution is 2.28. The Morgan fingerprint density at radius 3 is 2.59 bits per heavy atom. The summed E-state index contributed by atoms with van der Waals surface area (Å²) in [6.07, 6.45) is 5.90. The van der Waals surface area contributed by atoms with E-state index < -0.39 is 18.0 Å². The Balaban J connectivity index is 1.78. The van der Waals surface area contributed by atoms with Gasteiger partial charge in [-0.2, -0.15) is 0 Å². The first-order valence-electron chi connectivity index (χ1n) is 11.4. The summed E-state index contributed by atoms with van der Waals surface area (Å²) in [6.45, 7) is 2.24. The Bertz CT molecular complexity index is 1000. The average molecular weight is 531 g/mol. The number of halogens is 1. The number of hydrogen-bond acceptors (Lipinski definition) is 6. The lowest BCUT2D eigenvalue weighted by molar-refractivity contribution is -0.0169. The molecule has 0 unspecified atom stereocenters. The Labute approximate surface area is 209 Å². The van der Waals surface area contributed by atoms with Gasteiger partial charge in [0, 0.05) is 24.4 Å². The van der Waals surface area contributed by atoms with Crippen molar-refractivity contribution < 1.29 is 28.5 Å². The molecule has 2 aromatic carbocycles. The predicted molar refractivity (Wildman–Crippen MR) is 133 cm³/mol. The van der Waals surface area contributed by atoms with E-state index in [2.05, 4.69) is 35.0 Å². The lowest BCUT2D eigenvalue weighted by atomic mass is 9.93. The van der Waals surface area contributed by atoms with E-state index in [9.17, 15) is 9.59 Å². The number of carbonyl (C=O) groups excluding carboxylic acids is 2. The van der Waals surface area contributed by atoms with Crippen molar-refractivity contribution in [2.24, 2.45) is 5.92 Å². The molecular formula is C27H31BrO6. The Morgan fingerprint density at radius 2 is 1.88 bits per heavy atom. The van der Waals surface area contributed by atoms with Crippen molar-refractivity contribution in [2.75, 3.05) is 20.8 Å². The maximum atomic E-state index is 13.3. The van der Waals surface area contributed by atoms with E-state index in [0.717, 1.165) is 16.5 Å². The van der Waals surface area contributed by atoms with Crippen molar-refractivity contribution in [1.29, 1.82) is 0 Å². The van der Waals surface area contributed by atoms with Crippen molar-refractivity contribution in [2.45, 2.75) is 44.8 Å². The number of esters is 2. The Morgan fingerprint density at radius 1 is 1.12 bits per heavy atom. The molecular weight excluding hydrogens is 500 g/mol. The molecule has 1 aliphatic rings. The highest BCUT2D eigenvalue weighted by molar-refractivity contribution is 9.10. The van der Waals surface area contributed by atoms with E-state index in [1.54, 1.807) is 37.4 Å². The van der Waals surface area contributed by atoms with Crippen molar-refractivity contribution in [3.8, 4) is 5.75 Å². The molecule has 0 bridgehead atoms. The lowest BCUT2D eigenvalue weighted by Crippen LogP contribution is -2.31. The van der Waals surface area contributed by atoms with Gasteiger partial charge in [0.05, 0.1) is 25.4 Å². The van der Waals surface area contributed by atoms with Gasteiger partial charge >= 0.3 is 11.9 Å². The van der Waals surface area contributed by atoms with Gasteiger partial charge in [0.15, 0.2) is 0 Å². The molecule has 7 heteroatoms. The number of methoxy groups -OCH3 is 2. The molecule has 0 saturated carbocycles. The first kappa shape index (κ1) is 26.0. The van der Waals surface area contributed by atoms with Gasteiger partial charge < -0.3 is 18.9 Å². The first-order chi connectivity index (χ1) is 16.4. The minimum Gasteiger partial charge on any atom is -0.496 e. The van der Waals surface area contributed by atoms with E-state index >= 15 is 0 Å². The third-order valence-corrected chi connectivity index (χ3v) is 6.54. The molecule has 182 valence electrons. The molecule has 6 nitrogen and oxygen atoms in total. The van der Waals surface area contributed by atoms with Crippen LogP contribution in [-0.2, 0) is 20.6 Å². The zero-order chi connectivity index (χ0) is 24.5. The third-order valence-electron chi connectivity index (χ3n) is 6.01. The van der Waals surface area contributed by atoms with Crippen molar-refractivity contribution >= 4 is 27.9 Å². The van der Waals surface area contributed by atoms with Crippen LogP contribution in [0.4, 0.5) is 0 Å². The molecule has 0 spiro atoms. The molecule has 0 aromatic heterocycles. The first-order valence-corrected chi connectivity index (χ1v) is 12.2. The van der Waals surface area contributed by atoms with Crippen LogP contribution in [0.15, 0.2) is 59.1 Å². The van der Waals surface area contributed by atoms with Crippen LogP contribution < -0.4 is 4.74 Å². The molecule has 3 rings (SSSR count). The summed E-state index contributed by atoms with van der Waals surface area (Å²) in [4.78, 5) is 25.7. The van der Waals surface area contributed by atoms with Crippen LogP contribution in [0.5, 0.6) is 5.75 Å². The maximum absolute atomic E-state index is 13.3. The monoisotopic (exact) mass is 530 g/mol. The molecule has 1 aliphatic heterocycles. The van der Waals surface area contributed by atoms with Crippen LogP contribution >= 0.6 is 15.9 Å². The molecule has 0 fully saturated rings. The molecule has 2 aromatic rings. The molecule has 3 atom stereocenters. The highest BCUT2D eigenvalue weighted by Gasteiger charge is 2.27.